The van der Waals surface area contributed by atoms with Gasteiger partial charge in [-0.15, -0.1) is 0 Å². The minimum atomic E-state index is 0.160. The Bertz CT molecular complexity index is 744. The van der Waals surface area contributed by atoms with E-state index in [0.29, 0.717) is 6.42 Å². The van der Waals surface area contributed by atoms with Crippen molar-refractivity contribution >= 4 is 16.6 Å². The molecule has 0 aliphatic carbocycles. The zero-order valence-electron chi connectivity index (χ0n) is 12.1. The monoisotopic (exact) mass is 280 g/mol. The first kappa shape index (κ1) is 13.7. The van der Waals surface area contributed by atoms with Crippen molar-refractivity contribution < 1.29 is 5.11 Å². The molecule has 3 heteroatoms. The Balaban J connectivity index is 2.11. The van der Waals surface area contributed by atoms with E-state index in [1.807, 2.05) is 18.3 Å². The van der Waals surface area contributed by atoms with Gasteiger partial charge in [0.25, 0.3) is 0 Å². The number of H-pyrrole nitrogens is 1. The van der Waals surface area contributed by atoms with Crippen molar-refractivity contribution in [3.05, 3.63) is 65.4 Å². The topological polar surface area (TPSA) is 62.0 Å². The van der Waals surface area contributed by atoms with Gasteiger partial charge in [0.1, 0.15) is 0 Å². The van der Waals surface area contributed by atoms with Crippen LogP contribution in [0, 0.1) is 6.92 Å². The Morgan fingerprint density at radius 3 is 2.62 bits per heavy atom. The van der Waals surface area contributed by atoms with Crippen molar-refractivity contribution in [2.24, 2.45) is 0 Å². The number of hydrogen-bond acceptors (Lipinski definition) is 2. The van der Waals surface area contributed by atoms with E-state index in [2.05, 4.69) is 42.2 Å². The predicted octanol–water partition coefficient (Wildman–Crippen LogP) is 3.57. The highest BCUT2D eigenvalue weighted by atomic mass is 16.3. The minimum Gasteiger partial charge on any atom is -0.397 e. The van der Waals surface area contributed by atoms with E-state index in [0.717, 1.165) is 16.6 Å². The number of fused-ring (bicyclic) bond motifs is 1. The van der Waals surface area contributed by atoms with Crippen molar-refractivity contribution in [2.75, 3.05) is 12.3 Å². The van der Waals surface area contributed by atoms with Crippen molar-refractivity contribution in [3.8, 4) is 0 Å². The Hall–Kier alpha value is -2.26. The van der Waals surface area contributed by atoms with Gasteiger partial charge in [0.15, 0.2) is 0 Å². The molecule has 1 heterocycles. The number of nitrogens with two attached hydrogens (primary N) is 1. The van der Waals surface area contributed by atoms with Crippen LogP contribution < -0.4 is 5.73 Å². The standard InChI is InChI=1S/C18H20N2O/c1-12-5-7-13(8-6-12)14(9-10-21)16-11-20-18-15(16)3-2-4-17(18)19/h2-8,11,14,20-21H,9-10,19H2,1H3. The fourth-order valence-corrected chi connectivity index (χ4v) is 2.92. The van der Waals surface area contributed by atoms with Crippen molar-refractivity contribution in [1.82, 2.24) is 4.98 Å². The maximum atomic E-state index is 9.44. The molecular weight excluding hydrogens is 260 g/mol. The molecule has 0 saturated carbocycles. The van der Waals surface area contributed by atoms with Crippen LogP contribution in [0.25, 0.3) is 10.9 Å². The molecule has 2 aromatic carbocycles. The second-order valence-corrected chi connectivity index (χ2v) is 5.49. The number of anilines is 1. The number of benzene rings is 2. The fourth-order valence-electron chi connectivity index (χ4n) is 2.92. The second kappa shape index (κ2) is 5.62. The van der Waals surface area contributed by atoms with Crippen LogP contribution in [-0.4, -0.2) is 16.7 Å². The molecule has 1 atom stereocenters. The maximum Gasteiger partial charge on any atom is 0.0690 e. The summed E-state index contributed by atoms with van der Waals surface area (Å²) in [4.78, 5) is 3.27. The molecule has 3 aromatic rings. The number of hydrogen-bond donors (Lipinski definition) is 3. The van der Waals surface area contributed by atoms with Gasteiger partial charge in [0.05, 0.1) is 11.2 Å². The summed E-state index contributed by atoms with van der Waals surface area (Å²) in [6.45, 7) is 2.24. The molecule has 4 N–H and O–H groups in total. The van der Waals surface area contributed by atoms with Crippen LogP contribution in [0.5, 0.6) is 0 Å². The van der Waals surface area contributed by atoms with Crippen LogP contribution in [-0.2, 0) is 0 Å². The molecule has 1 unspecified atom stereocenters. The summed E-state index contributed by atoms with van der Waals surface area (Å²) >= 11 is 0. The number of aliphatic hydroxyl groups excluding tert-OH is 1. The first-order valence-electron chi connectivity index (χ1n) is 7.23. The van der Waals surface area contributed by atoms with Gasteiger partial charge in [0.2, 0.25) is 0 Å². The number of rotatable bonds is 4. The minimum absolute atomic E-state index is 0.160. The van der Waals surface area contributed by atoms with Crippen LogP contribution in [0.3, 0.4) is 0 Å². The van der Waals surface area contributed by atoms with Crippen molar-refractivity contribution in [1.29, 1.82) is 0 Å². The summed E-state index contributed by atoms with van der Waals surface area (Å²) in [7, 11) is 0. The average Bonchev–Trinajstić information content (AvgIpc) is 2.91. The van der Waals surface area contributed by atoms with E-state index >= 15 is 0 Å². The van der Waals surface area contributed by atoms with Crippen LogP contribution >= 0.6 is 0 Å². The maximum absolute atomic E-state index is 9.44. The van der Waals surface area contributed by atoms with Gasteiger partial charge < -0.3 is 15.8 Å². The van der Waals surface area contributed by atoms with Gasteiger partial charge in [-0.1, -0.05) is 42.0 Å². The highest BCUT2D eigenvalue weighted by Crippen LogP contribution is 2.34. The van der Waals surface area contributed by atoms with E-state index in [9.17, 15) is 5.11 Å². The van der Waals surface area contributed by atoms with E-state index in [-0.39, 0.29) is 12.5 Å². The third-order valence-electron chi connectivity index (χ3n) is 4.05. The third kappa shape index (κ3) is 2.52. The zero-order valence-corrected chi connectivity index (χ0v) is 12.1. The summed E-state index contributed by atoms with van der Waals surface area (Å²) in [6, 6.07) is 14.5. The van der Waals surface area contributed by atoms with Crippen molar-refractivity contribution in [2.45, 2.75) is 19.3 Å². The van der Waals surface area contributed by atoms with E-state index in [4.69, 9.17) is 5.73 Å². The lowest BCUT2D eigenvalue weighted by Gasteiger charge is -2.16. The molecule has 0 aliphatic heterocycles. The first-order valence-corrected chi connectivity index (χ1v) is 7.23. The third-order valence-corrected chi connectivity index (χ3v) is 4.05. The van der Waals surface area contributed by atoms with E-state index in [1.54, 1.807) is 0 Å². The van der Waals surface area contributed by atoms with Gasteiger partial charge >= 0.3 is 0 Å². The molecule has 1 aromatic heterocycles. The van der Waals surface area contributed by atoms with Gasteiger partial charge in [-0.2, -0.15) is 0 Å². The molecule has 21 heavy (non-hydrogen) atoms. The van der Waals surface area contributed by atoms with Gasteiger partial charge in [-0.25, -0.2) is 0 Å². The molecule has 3 nitrogen and oxygen atoms in total. The molecule has 0 aliphatic rings. The van der Waals surface area contributed by atoms with Crippen molar-refractivity contribution in [3.63, 3.8) is 0 Å². The molecular formula is C18H20N2O. The van der Waals surface area contributed by atoms with Gasteiger partial charge in [-0.3, -0.25) is 0 Å². The number of aryl methyl sites for hydroxylation is 1. The smallest absolute Gasteiger partial charge is 0.0690 e. The largest absolute Gasteiger partial charge is 0.397 e. The van der Waals surface area contributed by atoms with Gasteiger partial charge in [-0.05, 0) is 30.5 Å². The number of aliphatic hydroxyl groups is 1. The lowest BCUT2D eigenvalue weighted by molar-refractivity contribution is 0.282. The molecule has 0 spiro atoms. The van der Waals surface area contributed by atoms with Crippen LogP contribution in [0.15, 0.2) is 48.7 Å². The first-order chi connectivity index (χ1) is 10.2. The lowest BCUT2D eigenvalue weighted by Crippen LogP contribution is -2.03. The molecule has 0 amide bonds. The molecule has 0 saturated heterocycles. The SMILES string of the molecule is Cc1ccc(C(CCO)c2c[nH]c3c(N)cccc23)cc1. The number of para-hydroxylation sites is 1. The number of nitrogen functional groups attached to an aromatic ring is 1. The van der Waals surface area contributed by atoms with Crippen LogP contribution in [0.2, 0.25) is 0 Å². The molecule has 0 bridgehead atoms. The van der Waals surface area contributed by atoms with Crippen LogP contribution in [0.1, 0.15) is 29.0 Å². The quantitative estimate of drug-likeness (QED) is 0.640. The summed E-state index contributed by atoms with van der Waals surface area (Å²) in [5.74, 6) is 0.172. The van der Waals surface area contributed by atoms with Crippen LogP contribution in [0.4, 0.5) is 5.69 Å². The highest BCUT2D eigenvalue weighted by molar-refractivity contribution is 5.93. The average molecular weight is 280 g/mol. The molecule has 3 rings (SSSR count). The summed E-state index contributed by atoms with van der Waals surface area (Å²) in [5.41, 5.74) is 11.4. The Labute approximate surface area is 124 Å². The summed E-state index contributed by atoms with van der Waals surface area (Å²) in [6.07, 6.45) is 2.71. The summed E-state index contributed by atoms with van der Waals surface area (Å²) in [5, 5.41) is 10.6. The Morgan fingerprint density at radius 2 is 1.90 bits per heavy atom. The van der Waals surface area contributed by atoms with E-state index in [1.165, 1.54) is 16.7 Å². The number of aromatic nitrogens is 1. The lowest BCUT2D eigenvalue weighted by atomic mass is 9.88. The molecule has 0 fully saturated rings. The fraction of sp³-hybridized carbons (Fsp3) is 0.222. The summed E-state index contributed by atoms with van der Waals surface area (Å²) < 4.78 is 0. The number of aromatic amines is 1. The second-order valence-electron chi connectivity index (χ2n) is 5.49. The zero-order chi connectivity index (χ0) is 14.8. The predicted molar refractivity (Wildman–Crippen MR) is 87.4 cm³/mol. The normalized spacial score (nSPS) is 12.7. The molecule has 0 radical (unpaired) electrons. The number of nitrogens with one attached hydrogen (secondary N) is 1. The van der Waals surface area contributed by atoms with Gasteiger partial charge in [0, 0.05) is 24.1 Å². The molecule has 108 valence electrons. The Kier molecular flexibility index (Phi) is 3.67. The van der Waals surface area contributed by atoms with E-state index < -0.39 is 0 Å². The highest BCUT2D eigenvalue weighted by Gasteiger charge is 2.18. The Morgan fingerprint density at radius 1 is 1.14 bits per heavy atom.